The van der Waals surface area contributed by atoms with Crippen LogP contribution in [-0.2, 0) is 0 Å². The highest BCUT2D eigenvalue weighted by atomic mass is 35.5. The molecule has 0 aliphatic rings. The number of fused-ring (bicyclic) bond motifs is 19. The van der Waals surface area contributed by atoms with Crippen molar-refractivity contribution in [3.8, 4) is 78.5 Å². The summed E-state index contributed by atoms with van der Waals surface area (Å²) in [4.78, 5) is 44.5. The lowest BCUT2D eigenvalue weighted by Crippen LogP contribution is -1.92. The van der Waals surface area contributed by atoms with Gasteiger partial charge in [0.25, 0.3) is 0 Å². The number of benzene rings is 18. The van der Waals surface area contributed by atoms with Gasteiger partial charge in [-0.15, -0.1) is 22.7 Å². The molecule has 0 radical (unpaired) electrons. The zero-order valence-corrected chi connectivity index (χ0v) is 74.0. The fourth-order valence-electron chi connectivity index (χ4n) is 17.3. The second kappa shape index (κ2) is 35.1. The SMILES string of the molecule is Clc1nc(-c2ccc(-c3cccc4c3oc3ccccc34)cc2)c2ccccc2n1.Clc1nc(-c2ccc(-c3ccccc3)cc2)c2ccc3ccccc3c2n1.Clc1nc(-c2ccc3c(c2)sc2ccccc23)c2ccccc2n1.Clc1nc(-c2ccc3ccccc3c2)c2c(ccc3ccccc32)n1.Clc1nc(-c2ccc3sc4ccccc4c3c2)c2ccccc2n1. The van der Waals surface area contributed by atoms with Crippen LogP contribution in [0.5, 0.6) is 0 Å². The first-order valence-electron chi connectivity index (χ1n) is 41.9. The van der Waals surface area contributed by atoms with Gasteiger partial charge in [0.2, 0.25) is 26.4 Å². The number of hydrogen-bond acceptors (Lipinski definition) is 13. The van der Waals surface area contributed by atoms with E-state index < -0.39 is 0 Å². The van der Waals surface area contributed by atoms with Gasteiger partial charge in [-0.25, -0.2) is 49.8 Å². The van der Waals surface area contributed by atoms with E-state index in [2.05, 4.69) is 292 Å². The second-order valence-electron chi connectivity index (χ2n) is 31.1. The molecule has 616 valence electrons. The van der Waals surface area contributed by atoms with Gasteiger partial charge in [-0.2, -0.15) is 0 Å². The smallest absolute Gasteiger partial charge is 0.223 e. The molecule has 0 atom stereocenters. The summed E-state index contributed by atoms with van der Waals surface area (Å²) in [5, 5.41) is 20.7. The average Bonchev–Trinajstić information content (AvgIpc) is 1.08. The van der Waals surface area contributed by atoms with E-state index in [9.17, 15) is 0 Å². The molecule has 26 rings (SSSR count). The topological polar surface area (TPSA) is 142 Å². The fraction of sp³-hybridized carbons (Fsp3) is 0. The van der Waals surface area contributed by atoms with Crippen LogP contribution < -0.4 is 0 Å². The van der Waals surface area contributed by atoms with Crippen LogP contribution in [0.25, 0.3) is 228 Å². The van der Waals surface area contributed by atoms with E-state index in [0.29, 0.717) is 0 Å². The minimum atomic E-state index is 0.250. The molecule has 0 amide bonds. The van der Waals surface area contributed by atoms with Crippen LogP contribution >= 0.6 is 80.7 Å². The van der Waals surface area contributed by atoms with E-state index in [0.717, 1.165) is 160 Å². The maximum Gasteiger partial charge on any atom is 0.223 e. The molecule has 0 spiro atoms. The number of aromatic nitrogens is 10. The van der Waals surface area contributed by atoms with Crippen molar-refractivity contribution >= 4 is 230 Å². The zero-order chi connectivity index (χ0) is 87.3. The first-order chi connectivity index (χ1) is 63.9. The Morgan fingerprint density at radius 1 is 0.192 bits per heavy atom. The number of furan rings is 1. The Morgan fingerprint density at radius 3 is 1.22 bits per heavy atom. The summed E-state index contributed by atoms with van der Waals surface area (Å²) in [6.45, 7) is 0. The molecule has 0 aliphatic heterocycles. The van der Waals surface area contributed by atoms with Gasteiger partial charge in [0.15, 0.2) is 0 Å². The van der Waals surface area contributed by atoms with Crippen molar-refractivity contribution < 1.29 is 4.42 Å². The molecule has 0 saturated heterocycles. The van der Waals surface area contributed by atoms with Crippen LogP contribution in [0.3, 0.4) is 0 Å². The predicted octanol–water partition coefficient (Wildman–Crippen LogP) is 33.2. The highest BCUT2D eigenvalue weighted by Crippen LogP contribution is 2.44. The molecule has 0 bridgehead atoms. The summed E-state index contributed by atoms with van der Waals surface area (Å²) in [5.74, 6) is 0. The van der Waals surface area contributed by atoms with Gasteiger partial charge >= 0.3 is 0 Å². The molecule has 26 aromatic rings. The molecule has 0 fully saturated rings. The molecular formula is C112H65Cl5N10OS2. The summed E-state index contributed by atoms with van der Waals surface area (Å²) in [5.41, 5.74) is 20.2. The molecule has 0 N–H and O–H groups in total. The summed E-state index contributed by atoms with van der Waals surface area (Å²) in [7, 11) is 0. The molecule has 0 saturated carbocycles. The first-order valence-corrected chi connectivity index (χ1v) is 45.4. The quantitative estimate of drug-likeness (QED) is 0.111. The van der Waals surface area contributed by atoms with Crippen molar-refractivity contribution in [3.05, 3.63) is 421 Å². The standard InChI is InChI=1S/C26H15ClN2O.C24H15ClN2.C22H13ClN2.2C20H11ClN2S/c27-26-28-22-10-3-1-7-21(22)24(29-26)17-14-12-16(13-15-17)18-8-5-9-20-19-6-2-4-11-23(19)30-25(18)20;25-24-26-22(19-12-10-17(11-13-19)16-6-2-1-3-7-16)21-15-14-18-8-4-5-9-20(18)23(21)27-24;23-22-24-19-12-11-15-6-3-4-8-18(15)20(19)21(25-22)17-10-9-14-5-1-2-7-16(14)13-17;21-20-22-16-7-3-1-6-15(16)19(23-20)12-9-10-14-13-5-2-4-8-17(13)24-18(14)11-12;21-20-22-16-7-3-1-6-14(16)19(23-20)12-9-10-18-15(11-12)13-5-2-4-8-17(13)24-18/h1-15H;1-15H;1-13H;2*1-11H. The fourth-order valence-corrected chi connectivity index (χ4v) is 20.4. The van der Waals surface area contributed by atoms with Crippen molar-refractivity contribution in [2.75, 3.05) is 0 Å². The van der Waals surface area contributed by atoms with E-state index in [-0.39, 0.29) is 26.4 Å². The van der Waals surface area contributed by atoms with Gasteiger partial charge in [-0.1, -0.05) is 322 Å². The summed E-state index contributed by atoms with van der Waals surface area (Å²) >= 11 is 34.6. The number of halogens is 5. The van der Waals surface area contributed by atoms with Crippen molar-refractivity contribution in [3.63, 3.8) is 0 Å². The van der Waals surface area contributed by atoms with Crippen LogP contribution in [0.4, 0.5) is 0 Å². The molecule has 18 aromatic carbocycles. The Morgan fingerprint density at radius 2 is 0.577 bits per heavy atom. The maximum atomic E-state index is 6.28. The van der Waals surface area contributed by atoms with Gasteiger partial charge in [0.05, 0.1) is 56.1 Å². The average molecular weight is 1810 g/mol. The molecule has 8 heterocycles. The Balaban J connectivity index is 0.0000000956. The van der Waals surface area contributed by atoms with Gasteiger partial charge < -0.3 is 4.42 Å². The number of nitrogens with zero attached hydrogens (tertiary/aromatic N) is 10. The third kappa shape index (κ3) is 15.9. The normalized spacial score (nSPS) is 11.4. The number of para-hydroxylation sites is 5. The minimum Gasteiger partial charge on any atom is -0.455 e. The largest absolute Gasteiger partial charge is 0.455 e. The van der Waals surface area contributed by atoms with Crippen molar-refractivity contribution in [2.45, 2.75) is 0 Å². The van der Waals surface area contributed by atoms with Crippen molar-refractivity contribution in [2.24, 2.45) is 0 Å². The number of rotatable bonds is 7. The lowest BCUT2D eigenvalue weighted by molar-refractivity contribution is 0.670. The second-order valence-corrected chi connectivity index (χ2v) is 35.0. The zero-order valence-electron chi connectivity index (χ0n) is 68.6. The number of hydrogen-bond donors (Lipinski definition) is 0. The lowest BCUT2D eigenvalue weighted by Gasteiger charge is -2.10. The van der Waals surface area contributed by atoms with E-state index in [1.165, 1.54) is 67.6 Å². The van der Waals surface area contributed by atoms with Gasteiger partial charge in [-0.05, 0) is 174 Å². The molecule has 0 unspecified atom stereocenters. The van der Waals surface area contributed by atoms with Gasteiger partial charge in [-0.3, -0.25) is 0 Å². The summed E-state index contributed by atoms with van der Waals surface area (Å²) < 4.78 is 11.3. The summed E-state index contributed by atoms with van der Waals surface area (Å²) in [6.07, 6.45) is 0. The molecule has 130 heavy (non-hydrogen) atoms. The third-order valence-electron chi connectivity index (χ3n) is 23.3. The highest BCUT2D eigenvalue weighted by Gasteiger charge is 2.20. The number of thiophene rings is 2. The Kier molecular flexibility index (Phi) is 21.8. The van der Waals surface area contributed by atoms with Crippen LogP contribution in [0.1, 0.15) is 0 Å². The Labute approximate surface area is 776 Å². The summed E-state index contributed by atoms with van der Waals surface area (Å²) in [6, 6.07) is 135. The predicted molar refractivity (Wildman–Crippen MR) is 546 cm³/mol. The minimum absolute atomic E-state index is 0.250. The molecule has 0 aliphatic carbocycles. The van der Waals surface area contributed by atoms with E-state index in [1.807, 2.05) is 163 Å². The molecule has 11 nitrogen and oxygen atoms in total. The van der Waals surface area contributed by atoms with Gasteiger partial charge in [0, 0.05) is 117 Å². The van der Waals surface area contributed by atoms with Crippen molar-refractivity contribution in [1.82, 2.24) is 49.8 Å². The molecular weight excluding hydrogens is 1740 g/mol. The van der Waals surface area contributed by atoms with Crippen LogP contribution in [0.15, 0.2) is 399 Å². The monoisotopic (exact) mass is 1800 g/mol. The van der Waals surface area contributed by atoms with E-state index >= 15 is 0 Å². The van der Waals surface area contributed by atoms with Gasteiger partial charge in [0.1, 0.15) is 11.2 Å². The van der Waals surface area contributed by atoms with Crippen LogP contribution in [-0.4, -0.2) is 49.8 Å². The molecule has 18 heteroatoms. The first kappa shape index (κ1) is 80.9. The van der Waals surface area contributed by atoms with Crippen LogP contribution in [0, 0.1) is 0 Å². The maximum absolute atomic E-state index is 6.28. The molecule has 8 aromatic heterocycles. The Hall–Kier alpha value is -14.9. The Bertz CT molecular complexity index is 8920. The van der Waals surface area contributed by atoms with E-state index in [1.54, 1.807) is 11.3 Å². The lowest BCUT2D eigenvalue weighted by atomic mass is 9.98. The van der Waals surface area contributed by atoms with Crippen molar-refractivity contribution in [1.29, 1.82) is 0 Å². The van der Waals surface area contributed by atoms with Crippen LogP contribution in [0.2, 0.25) is 26.4 Å². The highest BCUT2D eigenvalue weighted by molar-refractivity contribution is 7.26. The third-order valence-corrected chi connectivity index (χ3v) is 26.4. The van der Waals surface area contributed by atoms with E-state index in [4.69, 9.17) is 62.4 Å².